The molecular weight excluding hydrogens is 224 g/mol. The van der Waals surface area contributed by atoms with Crippen LogP contribution in [0, 0.1) is 11.3 Å². The number of nitrogens with one attached hydrogen (secondary N) is 1. The molecule has 18 heavy (non-hydrogen) atoms. The highest BCUT2D eigenvalue weighted by Gasteiger charge is 2.26. The van der Waals surface area contributed by atoms with Crippen molar-refractivity contribution in [2.24, 2.45) is 11.3 Å². The zero-order valence-electron chi connectivity index (χ0n) is 12.6. The molecule has 1 N–H and O–H groups in total. The molecule has 0 bridgehead atoms. The Hall–Kier alpha value is -0.570. The molecule has 0 aromatic heterocycles. The average Bonchev–Trinajstić information content (AvgIpc) is 2.40. The summed E-state index contributed by atoms with van der Waals surface area (Å²) in [6.07, 6.45) is 3.97. The zero-order chi connectivity index (χ0) is 13.6. The second-order valence-electron chi connectivity index (χ2n) is 6.75. The number of rotatable bonds is 6. The third-order valence-electron chi connectivity index (χ3n) is 3.76. The normalized spacial score (nSPS) is 20.3. The van der Waals surface area contributed by atoms with Crippen molar-refractivity contribution in [3.05, 3.63) is 0 Å². The fourth-order valence-electron chi connectivity index (χ4n) is 2.31. The number of carbonyl (C=O) groups is 1. The van der Waals surface area contributed by atoms with Gasteiger partial charge in [0.25, 0.3) is 0 Å². The Bertz CT molecular complexity index is 261. The minimum absolute atomic E-state index is 0.334. The molecule has 1 heterocycles. The summed E-state index contributed by atoms with van der Waals surface area (Å²) in [5.74, 6) is 1.05. The van der Waals surface area contributed by atoms with E-state index in [4.69, 9.17) is 0 Å². The predicted molar refractivity (Wildman–Crippen MR) is 76.5 cm³/mol. The SMILES string of the molecule is CC(C)CNCCCN1CCC(C)(C)CCC1=O. The van der Waals surface area contributed by atoms with Crippen LogP contribution in [0.15, 0.2) is 0 Å². The predicted octanol–water partition coefficient (Wildman–Crippen LogP) is 2.66. The lowest BCUT2D eigenvalue weighted by Gasteiger charge is -2.23. The molecule has 1 saturated heterocycles. The van der Waals surface area contributed by atoms with Crippen LogP contribution in [0.4, 0.5) is 0 Å². The second kappa shape index (κ2) is 7.13. The molecule has 1 aliphatic rings. The standard InChI is InChI=1S/C15H30N2O/c1-13(2)12-16-9-5-10-17-11-8-15(3,4)7-6-14(17)18/h13,16H,5-12H2,1-4H3. The largest absolute Gasteiger partial charge is 0.343 e. The van der Waals surface area contributed by atoms with Crippen molar-refractivity contribution in [2.45, 2.75) is 53.4 Å². The average molecular weight is 254 g/mol. The monoisotopic (exact) mass is 254 g/mol. The number of carbonyl (C=O) groups excluding carboxylic acids is 1. The van der Waals surface area contributed by atoms with Gasteiger partial charge >= 0.3 is 0 Å². The number of amides is 1. The van der Waals surface area contributed by atoms with Crippen LogP contribution in [-0.2, 0) is 4.79 Å². The topological polar surface area (TPSA) is 32.3 Å². The summed E-state index contributed by atoms with van der Waals surface area (Å²) in [7, 11) is 0. The van der Waals surface area contributed by atoms with Crippen LogP contribution in [0.2, 0.25) is 0 Å². The van der Waals surface area contributed by atoms with Crippen molar-refractivity contribution in [3.8, 4) is 0 Å². The van der Waals surface area contributed by atoms with E-state index in [1.54, 1.807) is 0 Å². The van der Waals surface area contributed by atoms with Crippen LogP contribution >= 0.6 is 0 Å². The van der Waals surface area contributed by atoms with Crippen molar-refractivity contribution in [3.63, 3.8) is 0 Å². The third-order valence-corrected chi connectivity index (χ3v) is 3.76. The molecule has 0 unspecified atom stereocenters. The number of nitrogens with zero attached hydrogens (tertiary/aromatic N) is 1. The fraction of sp³-hybridized carbons (Fsp3) is 0.933. The van der Waals surface area contributed by atoms with E-state index in [1.165, 1.54) is 0 Å². The highest BCUT2D eigenvalue weighted by Crippen LogP contribution is 2.30. The van der Waals surface area contributed by atoms with E-state index < -0.39 is 0 Å². The molecule has 0 saturated carbocycles. The molecule has 1 rings (SSSR count). The second-order valence-corrected chi connectivity index (χ2v) is 6.75. The van der Waals surface area contributed by atoms with Gasteiger partial charge in [-0.05, 0) is 43.7 Å². The Morgan fingerprint density at radius 2 is 2.06 bits per heavy atom. The Kier molecular flexibility index (Phi) is 6.13. The van der Waals surface area contributed by atoms with E-state index in [9.17, 15) is 4.79 Å². The van der Waals surface area contributed by atoms with Gasteiger partial charge in [0.2, 0.25) is 5.91 Å². The van der Waals surface area contributed by atoms with Crippen LogP contribution in [-0.4, -0.2) is 37.0 Å². The minimum Gasteiger partial charge on any atom is -0.343 e. The van der Waals surface area contributed by atoms with Crippen LogP contribution in [0.25, 0.3) is 0 Å². The van der Waals surface area contributed by atoms with Crippen molar-refractivity contribution in [2.75, 3.05) is 26.2 Å². The minimum atomic E-state index is 0.334. The Balaban J connectivity index is 2.22. The van der Waals surface area contributed by atoms with E-state index in [0.29, 0.717) is 17.2 Å². The van der Waals surface area contributed by atoms with Gasteiger partial charge < -0.3 is 10.2 Å². The first kappa shape index (κ1) is 15.5. The number of hydrogen-bond acceptors (Lipinski definition) is 2. The first-order valence-electron chi connectivity index (χ1n) is 7.39. The fourth-order valence-corrected chi connectivity index (χ4v) is 2.31. The van der Waals surface area contributed by atoms with Gasteiger partial charge in [-0.2, -0.15) is 0 Å². The molecule has 0 radical (unpaired) electrons. The number of hydrogen-bond donors (Lipinski definition) is 1. The highest BCUT2D eigenvalue weighted by atomic mass is 16.2. The molecule has 0 spiro atoms. The highest BCUT2D eigenvalue weighted by molar-refractivity contribution is 5.76. The lowest BCUT2D eigenvalue weighted by atomic mass is 9.85. The van der Waals surface area contributed by atoms with Gasteiger partial charge in [-0.15, -0.1) is 0 Å². The maximum absolute atomic E-state index is 12.0. The van der Waals surface area contributed by atoms with E-state index in [0.717, 1.165) is 51.9 Å². The summed E-state index contributed by atoms with van der Waals surface area (Å²) < 4.78 is 0. The molecule has 3 heteroatoms. The quantitative estimate of drug-likeness (QED) is 0.739. The van der Waals surface area contributed by atoms with E-state index in [1.807, 2.05) is 0 Å². The van der Waals surface area contributed by atoms with E-state index >= 15 is 0 Å². The molecule has 3 nitrogen and oxygen atoms in total. The summed E-state index contributed by atoms with van der Waals surface area (Å²) in [5.41, 5.74) is 0.334. The lowest BCUT2D eigenvalue weighted by Crippen LogP contribution is -2.33. The van der Waals surface area contributed by atoms with Crippen LogP contribution in [0.3, 0.4) is 0 Å². The lowest BCUT2D eigenvalue weighted by molar-refractivity contribution is -0.130. The molecule has 106 valence electrons. The summed E-state index contributed by atoms with van der Waals surface area (Å²) in [6.45, 7) is 12.9. The van der Waals surface area contributed by atoms with Crippen molar-refractivity contribution in [1.29, 1.82) is 0 Å². The van der Waals surface area contributed by atoms with Gasteiger partial charge in [-0.3, -0.25) is 4.79 Å². The molecular formula is C15H30N2O. The molecule has 0 aliphatic carbocycles. The molecule has 1 aliphatic heterocycles. The molecule has 1 fully saturated rings. The Morgan fingerprint density at radius 1 is 1.33 bits per heavy atom. The maximum atomic E-state index is 12.0. The van der Waals surface area contributed by atoms with Crippen LogP contribution < -0.4 is 5.32 Å². The van der Waals surface area contributed by atoms with Gasteiger partial charge in [0.15, 0.2) is 0 Å². The van der Waals surface area contributed by atoms with Gasteiger partial charge in [0, 0.05) is 19.5 Å². The van der Waals surface area contributed by atoms with Crippen molar-refractivity contribution >= 4 is 5.91 Å². The first-order chi connectivity index (χ1) is 8.41. The first-order valence-corrected chi connectivity index (χ1v) is 7.39. The van der Waals surface area contributed by atoms with Crippen LogP contribution in [0.1, 0.15) is 53.4 Å². The van der Waals surface area contributed by atoms with Gasteiger partial charge in [-0.25, -0.2) is 0 Å². The van der Waals surface area contributed by atoms with Crippen molar-refractivity contribution < 1.29 is 4.79 Å². The van der Waals surface area contributed by atoms with Gasteiger partial charge in [0.05, 0.1) is 0 Å². The zero-order valence-corrected chi connectivity index (χ0v) is 12.6. The van der Waals surface area contributed by atoms with Crippen molar-refractivity contribution in [1.82, 2.24) is 10.2 Å². The summed E-state index contributed by atoms with van der Waals surface area (Å²) in [6, 6.07) is 0. The number of likely N-dealkylation sites (tertiary alicyclic amines) is 1. The summed E-state index contributed by atoms with van der Waals surface area (Å²) in [5, 5.41) is 3.43. The summed E-state index contributed by atoms with van der Waals surface area (Å²) in [4.78, 5) is 14.0. The molecule has 0 aromatic carbocycles. The van der Waals surface area contributed by atoms with E-state index in [-0.39, 0.29) is 0 Å². The maximum Gasteiger partial charge on any atom is 0.222 e. The molecule has 0 atom stereocenters. The van der Waals surface area contributed by atoms with E-state index in [2.05, 4.69) is 37.9 Å². The smallest absolute Gasteiger partial charge is 0.222 e. The summed E-state index contributed by atoms with van der Waals surface area (Å²) >= 11 is 0. The Morgan fingerprint density at radius 3 is 2.72 bits per heavy atom. The van der Waals surface area contributed by atoms with Gasteiger partial charge in [0.1, 0.15) is 0 Å². The third kappa shape index (κ3) is 5.85. The Labute approximate surface area is 112 Å². The molecule has 1 amide bonds. The molecule has 0 aromatic rings. The van der Waals surface area contributed by atoms with Gasteiger partial charge in [-0.1, -0.05) is 27.7 Å². The van der Waals surface area contributed by atoms with Crippen LogP contribution in [0.5, 0.6) is 0 Å².